The molecule has 0 radical (unpaired) electrons. The van der Waals surface area contributed by atoms with Crippen molar-refractivity contribution < 1.29 is 14.7 Å². The molecule has 0 atom stereocenters. The van der Waals surface area contributed by atoms with Crippen LogP contribution in [0, 0.1) is 6.92 Å². The maximum Gasteiger partial charge on any atom is 0.352 e. The first-order valence-electron chi connectivity index (χ1n) is 7.20. The van der Waals surface area contributed by atoms with Crippen LogP contribution in [0.25, 0.3) is 16.8 Å². The molecule has 120 valence electrons. The minimum atomic E-state index is -1.20. The minimum Gasteiger partial charge on any atom is -0.477 e. The van der Waals surface area contributed by atoms with E-state index in [0.29, 0.717) is 10.4 Å². The molecule has 24 heavy (non-hydrogen) atoms. The van der Waals surface area contributed by atoms with Crippen LogP contribution in [0.4, 0.5) is 0 Å². The second-order valence-electron chi connectivity index (χ2n) is 5.15. The van der Waals surface area contributed by atoms with Crippen molar-refractivity contribution in [3.8, 4) is 0 Å². The molecule has 2 N–H and O–H groups in total. The lowest BCUT2D eigenvalue weighted by Crippen LogP contribution is -2.27. The van der Waals surface area contributed by atoms with Gasteiger partial charge in [-0.2, -0.15) is 0 Å². The zero-order valence-electron chi connectivity index (χ0n) is 12.8. The highest BCUT2D eigenvalue weighted by molar-refractivity contribution is 7.10. The molecule has 0 aliphatic heterocycles. The van der Waals surface area contributed by atoms with Gasteiger partial charge in [0, 0.05) is 5.56 Å². The highest BCUT2D eigenvalue weighted by Gasteiger charge is 2.16. The maximum absolute atomic E-state index is 12.6. The lowest BCUT2D eigenvalue weighted by molar-refractivity contribution is -0.132. The van der Waals surface area contributed by atoms with Gasteiger partial charge in [-0.15, -0.1) is 11.3 Å². The van der Waals surface area contributed by atoms with Crippen LogP contribution >= 0.6 is 11.3 Å². The van der Waals surface area contributed by atoms with E-state index in [1.54, 1.807) is 24.6 Å². The standard InChI is InChI=1S/C18H14N2O3S/c1-11-16(24-10-19-11)9-15(18(22)23)20-17(21)14-8-4-6-12-5-2-3-7-13(12)14/h2-10H,1H3,(H,20,21)(H,22,23). The second-order valence-corrected chi connectivity index (χ2v) is 6.03. The normalized spacial score (nSPS) is 11.5. The van der Waals surface area contributed by atoms with Crippen LogP contribution < -0.4 is 5.32 Å². The van der Waals surface area contributed by atoms with Crippen molar-refractivity contribution >= 4 is 40.1 Å². The van der Waals surface area contributed by atoms with Gasteiger partial charge >= 0.3 is 5.97 Å². The predicted molar refractivity (Wildman–Crippen MR) is 93.9 cm³/mol. The van der Waals surface area contributed by atoms with E-state index in [0.717, 1.165) is 16.5 Å². The molecule has 6 heteroatoms. The third-order valence-electron chi connectivity index (χ3n) is 3.57. The molecular weight excluding hydrogens is 324 g/mol. The topological polar surface area (TPSA) is 79.3 Å². The number of carboxylic acids is 1. The smallest absolute Gasteiger partial charge is 0.352 e. The van der Waals surface area contributed by atoms with Gasteiger partial charge in [-0.25, -0.2) is 9.78 Å². The molecule has 3 rings (SSSR count). The van der Waals surface area contributed by atoms with Crippen LogP contribution in [0.3, 0.4) is 0 Å². The maximum atomic E-state index is 12.6. The average Bonchev–Trinajstić information content (AvgIpc) is 2.98. The zero-order chi connectivity index (χ0) is 17.1. The number of aryl methyl sites for hydroxylation is 1. The van der Waals surface area contributed by atoms with Crippen LogP contribution in [0.1, 0.15) is 20.9 Å². The Morgan fingerprint density at radius 2 is 1.92 bits per heavy atom. The first kappa shape index (κ1) is 15.9. The molecule has 1 amide bonds. The largest absolute Gasteiger partial charge is 0.477 e. The van der Waals surface area contributed by atoms with Gasteiger partial charge in [0.1, 0.15) is 5.70 Å². The molecule has 0 fully saturated rings. The Morgan fingerprint density at radius 1 is 1.17 bits per heavy atom. The number of hydrogen-bond donors (Lipinski definition) is 2. The van der Waals surface area contributed by atoms with Crippen molar-refractivity contribution in [3.63, 3.8) is 0 Å². The van der Waals surface area contributed by atoms with Crippen LogP contribution in [-0.2, 0) is 4.79 Å². The average molecular weight is 338 g/mol. The van der Waals surface area contributed by atoms with Gasteiger partial charge < -0.3 is 10.4 Å². The molecule has 0 saturated heterocycles. The Labute approximate surface area is 142 Å². The van der Waals surface area contributed by atoms with E-state index in [-0.39, 0.29) is 5.70 Å². The van der Waals surface area contributed by atoms with E-state index in [1.165, 1.54) is 17.4 Å². The number of aliphatic carboxylic acids is 1. The number of benzene rings is 2. The number of fused-ring (bicyclic) bond motifs is 1. The fourth-order valence-corrected chi connectivity index (χ4v) is 3.08. The molecule has 1 aromatic heterocycles. The summed E-state index contributed by atoms with van der Waals surface area (Å²) in [6.07, 6.45) is 1.43. The van der Waals surface area contributed by atoms with Crippen molar-refractivity contribution in [1.29, 1.82) is 0 Å². The third-order valence-corrected chi connectivity index (χ3v) is 4.45. The number of hydrogen-bond acceptors (Lipinski definition) is 4. The molecule has 0 unspecified atom stereocenters. The Morgan fingerprint density at radius 3 is 2.62 bits per heavy atom. The molecule has 1 heterocycles. The summed E-state index contributed by atoms with van der Waals surface area (Å²) in [5.74, 6) is -1.65. The highest BCUT2D eigenvalue weighted by atomic mass is 32.1. The first-order chi connectivity index (χ1) is 11.6. The number of aromatic nitrogens is 1. The lowest BCUT2D eigenvalue weighted by atomic mass is 10.0. The summed E-state index contributed by atoms with van der Waals surface area (Å²) >= 11 is 1.32. The van der Waals surface area contributed by atoms with E-state index < -0.39 is 11.9 Å². The summed E-state index contributed by atoms with van der Waals surface area (Å²) in [6.45, 7) is 1.79. The Balaban J connectivity index is 1.95. The van der Waals surface area contributed by atoms with Crippen LogP contribution in [0.15, 0.2) is 53.7 Å². The van der Waals surface area contributed by atoms with E-state index in [4.69, 9.17) is 0 Å². The number of carbonyl (C=O) groups excluding carboxylic acids is 1. The Hall–Kier alpha value is -2.99. The highest BCUT2D eigenvalue weighted by Crippen LogP contribution is 2.20. The van der Waals surface area contributed by atoms with E-state index in [9.17, 15) is 14.7 Å². The molecule has 2 aromatic carbocycles. The fourth-order valence-electron chi connectivity index (χ4n) is 2.34. The van der Waals surface area contributed by atoms with Gasteiger partial charge in [0.15, 0.2) is 0 Å². The number of amides is 1. The number of carbonyl (C=O) groups is 2. The Bertz CT molecular complexity index is 954. The van der Waals surface area contributed by atoms with Gasteiger partial charge in [-0.1, -0.05) is 36.4 Å². The summed E-state index contributed by atoms with van der Waals surface area (Å²) in [6, 6.07) is 12.8. The zero-order valence-corrected chi connectivity index (χ0v) is 13.6. The number of nitrogens with one attached hydrogen (secondary N) is 1. The van der Waals surface area contributed by atoms with Gasteiger partial charge in [-0.3, -0.25) is 4.79 Å². The fraction of sp³-hybridized carbons (Fsp3) is 0.0556. The quantitative estimate of drug-likeness (QED) is 0.714. The SMILES string of the molecule is Cc1ncsc1C=C(NC(=O)c1cccc2ccccc12)C(=O)O. The summed E-state index contributed by atoms with van der Waals surface area (Å²) in [7, 11) is 0. The molecule has 0 aliphatic carbocycles. The number of carboxylic acid groups (broad SMARTS) is 1. The van der Waals surface area contributed by atoms with Crippen molar-refractivity contribution in [2.45, 2.75) is 6.92 Å². The van der Waals surface area contributed by atoms with E-state index in [2.05, 4.69) is 10.3 Å². The molecule has 5 nitrogen and oxygen atoms in total. The van der Waals surface area contributed by atoms with E-state index in [1.807, 2.05) is 30.3 Å². The predicted octanol–water partition coefficient (Wildman–Crippen LogP) is 3.46. The van der Waals surface area contributed by atoms with Crippen LogP contribution in [0.2, 0.25) is 0 Å². The van der Waals surface area contributed by atoms with Crippen LogP contribution in [0.5, 0.6) is 0 Å². The number of nitrogens with zero attached hydrogens (tertiary/aromatic N) is 1. The second kappa shape index (κ2) is 6.64. The molecule has 0 spiro atoms. The third kappa shape index (κ3) is 3.18. The van der Waals surface area contributed by atoms with Crippen molar-refractivity contribution in [2.24, 2.45) is 0 Å². The lowest BCUT2D eigenvalue weighted by Gasteiger charge is -2.08. The van der Waals surface area contributed by atoms with Gasteiger partial charge in [-0.05, 0) is 29.8 Å². The molecular formula is C18H14N2O3S. The first-order valence-corrected chi connectivity index (χ1v) is 8.08. The minimum absolute atomic E-state index is 0.180. The van der Waals surface area contributed by atoms with Gasteiger partial charge in [0.25, 0.3) is 5.91 Å². The molecule has 0 saturated carbocycles. The molecule has 0 bridgehead atoms. The molecule has 0 aliphatic rings. The van der Waals surface area contributed by atoms with Crippen molar-refractivity contribution in [1.82, 2.24) is 10.3 Å². The van der Waals surface area contributed by atoms with E-state index >= 15 is 0 Å². The Kier molecular flexibility index (Phi) is 4.39. The summed E-state index contributed by atoms with van der Waals surface area (Å²) in [5.41, 5.74) is 2.60. The summed E-state index contributed by atoms with van der Waals surface area (Å²) in [5, 5.41) is 13.6. The molecule has 3 aromatic rings. The van der Waals surface area contributed by atoms with Crippen molar-refractivity contribution in [3.05, 3.63) is 69.8 Å². The van der Waals surface area contributed by atoms with Gasteiger partial charge in [0.05, 0.1) is 16.1 Å². The monoisotopic (exact) mass is 338 g/mol. The number of thiazole rings is 1. The van der Waals surface area contributed by atoms with Gasteiger partial charge in [0.2, 0.25) is 0 Å². The number of rotatable bonds is 4. The van der Waals surface area contributed by atoms with Crippen LogP contribution in [-0.4, -0.2) is 22.0 Å². The van der Waals surface area contributed by atoms with Crippen molar-refractivity contribution in [2.75, 3.05) is 0 Å². The summed E-state index contributed by atoms with van der Waals surface area (Å²) < 4.78 is 0. The summed E-state index contributed by atoms with van der Waals surface area (Å²) in [4.78, 5) is 28.8.